The van der Waals surface area contributed by atoms with Gasteiger partial charge >= 0.3 is 6.09 Å². The van der Waals surface area contributed by atoms with Gasteiger partial charge in [-0.2, -0.15) is 5.10 Å². The van der Waals surface area contributed by atoms with Crippen LogP contribution in [0.25, 0.3) is 16.2 Å². The minimum Gasteiger partial charge on any atom is -0.453 e. The lowest BCUT2D eigenvalue weighted by atomic mass is 10.0. The number of hydrogen-bond donors (Lipinski definition) is 2. The molecular formula is C22H29N7O3S. The molecule has 0 spiro atoms. The van der Waals surface area contributed by atoms with E-state index < -0.39 is 6.09 Å². The van der Waals surface area contributed by atoms with E-state index in [4.69, 9.17) is 4.98 Å². The number of ether oxygens (including phenoxy) is 1. The minimum absolute atomic E-state index is 0.00966. The minimum atomic E-state index is -0.449. The molecule has 1 fully saturated rings. The fraction of sp³-hybridized carbons (Fsp3) is 0.500. The Bertz CT molecular complexity index is 1150. The summed E-state index contributed by atoms with van der Waals surface area (Å²) < 4.78 is 6.45. The Morgan fingerprint density at radius 1 is 1.27 bits per heavy atom. The van der Waals surface area contributed by atoms with E-state index in [0.29, 0.717) is 43.3 Å². The summed E-state index contributed by atoms with van der Waals surface area (Å²) in [4.78, 5) is 36.9. The first-order valence-electron chi connectivity index (χ1n) is 11.0. The number of aromatic nitrogens is 4. The van der Waals surface area contributed by atoms with Crippen LogP contribution in [0.5, 0.6) is 0 Å². The van der Waals surface area contributed by atoms with E-state index in [1.165, 1.54) is 7.11 Å². The summed E-state index contributed by atoms with van der Waals surface area (Å²) in [6, 6.07) is 1.71. The van der Waals surface area contributed by atoms with Crippen LogP contribution in [0.2, 0.25) is 0 Å². The molecule has 2 N–H and O–H groups in total. The van der Waals surface area contributed by atoms with Crippen molar-refractivity contribution in [2.24, 2.45) is 0 Å². The zero-order chi connectivity index (χ0) is 23.6. The van der Waals surface area contributed by atoms with Crippen molar-refractivity contribution in [1.82, 2.24) is 29.8 Å². The number of carbonyl (C=O) groups is 2. The molecule has 0 radical (unpaired) electrons. The lowest BCUT2D eigenvalue weighted by Crippen LogP contribution is -2.46. The van der Waals surface area contributed by atoms with E-state index >= 15 is 0 Å². The van der Waals surface area contributed by atoms with Gasteiger partial charge in [-0.3, -0.25) is 4.79 Å². The maximum Gasteiger partial charge on any atom is 0.407 e. The molecule has 3 aromatic rings. The number of piperidine rings is 1. The van der Waals surface area contributed by atoms with Gasteiger partial charge in [-0.15, -0.1) is 11.3 Å². The summed E-state index contributed by atoms with van der Waals surface area (Å²) in [6.45, 7) is 7.33. The SMILES string of the molecule is CCC(C)(C)Nc1cc(C(=O)N2CCC(NC(=O)OC)CC2)nc(-c2cnn3ccsc23)n1. The zero-order valence-corrected chi connectivity index (χ0v) is 20.1. The number of rotatable bonds is 6. The molecule has 4 rings (SSSR count). The van der Waals surface area contributed by atoms with E-state index in [-0.39, 0.29) is 17.5 Å². The van der Waals surface area contributed by atoms with Gasteiger partial charge in [-0.05, 0) is 33.1 Å². The summed E-state index contributed by atoms with van der Waals surface area (Å²) in [5, 5.41) is 12.6. The van der Waals surface area contributed by atoms with Gasteiger partial charge in [0.2, 0.25) is 0 Å². The Morgan fingerprint density at radius 3 is 2.73 bits per heavy atom. The average molecular weight is 472 g/mol. The fourth-order valence-electron chi connectivity index (χ4n) is 3.67. The van der Waals surface area contributed by atoms with Gasteiger partial charge in [0, 0.05) is 42.3 Å². The van der Waals surface area contributed by atoms with Crippen LogP contribution >= 0.6 is 11.3 Å². The Kier molecular flexibility index (Phi) is 6.50. The van der Waals surface area contributed by atoms with Crippen molar-refractivity contribution in [3.63, 3.8) is 0 Å². The van der Waals surface area contributed by atoms with Crippen LogP contribution in [-0.2, 0) is 4.74 Å². The third-order valence-electron chi connectivity index (χ3n) is 5.96. The molecule has 10 nitrogen and oxygen atoms in total. The number of nitrogens with one attached hydrogen (secondary N) is 2. The molecule has 4 heterocycles. The Balaban J connectivity index is 1.61. The van der Waals surface area contributed by atoms with E-state index in [1.54, 1.807) is 33.0 Å². The maximum atomic E-state index is 13.4. The quantitative estimate of drug-likeness (QED) is 0.566. The second-order valence-corrected chi connectivity index (χ2v) is 9.63. The topological polar surface area (TPSA) is 114 Å². The van der Waals surface area contributed by atoms with Gasteiger partial charge in [0.1, 0.15) is 16.3 Å². The molecule has 0 bridgehead atoms. The molecule has 0 aliphatic carbocycles. The number of thiazole rings is 1. The lowest BCUT2D eigenvalue weighted by molar-refractivity contribution is 0.0698. The predicted octanol–water partition coefficient (Wildman–Crippen LogP) is 3.41. The van der Waals surface area contributed by atoms with Crippen molar-refractivity contribution in [3.05, 3.63) is 29.5 Å². The Labute approximate surface area is 196 Å². The number of anilines is 1. The highest BCUT2D eigenvalue weighted by Crippen LogP contribution is 2.28. The molecule has 0 saturated carbocycles. The molecule has 33 heavy (non-hydrogen) atoms. The Hall–Kier alpha value is -3.21. The monoisotopic (exact) mass is 471 g/mol. The largest absolute Gasteiger partial charge is 0.453 e. The van der Waals surface area contributed by atoms with Crippen LogP contribution < -0.4 is 10.6 Å². The van der Waals surface area contributed by atoms with Crippen molar-refractivity contribution >= 4 is 34.0 Å². The first-order chi connectivity index (χ1) is 15.8. The van der Waals surface area contributed by atoms with E-state index in [1.807, 2.05) is 11.6 Å². The maximum absolute atomic E-state index is 13.4. The number of fused-ring (bicyclic) bond motifs is 1. The predicted molar refractivity (Wildman–Crippen MR) is 127 cm³/mol. The molecule has 0 aromatic carbocycles. The van der Waals surface area contributed by atoms with E-state index in [9.17, 15) is 9.59 Å². The highest BCUT2D eigenvalue weighted by Gasteiger charge is 2.27. The van der Waals surface area contributed by atoms with Gasteiger partial charge in [-0.25, -0.2) is 19.3 Å². The second kappa shape index (κ2) is 9.34. The number of alkyl carbamates (subject to hydrolysis) is 1. The van der Waals surface area contributed by atoms with E-state index in [0.717, 1.165) is 16.8 Å². The van der Waals surface area contributed by atoms with Crippen LogP contribution in [-0.4, -0.2) is 68.3 Å². The zero-order valence-electron chi connectivity index (χ0n) is 19.3. The third-order valence-corrected chi connectivity index (χ3v) is 6.85. The molecular weight excluding hydrogens is 442 g/mol. The Morgan fingerprint density at radius 2 is 2.03 bits per heavy atom. The van der Waals surface area contributed by atoms with Crippen LogP contribution in [0.3, 0.4) is 0 Å². The van der Waals surface area contributed by atoms with Gasteiger partial charge < -0.3 is 20.3 Å². The van der Waals surface area contributed by atoms with E-state index in [2.05, 4.69) is 46.2 Å². The van der Waals surface area contributed by atoms with Gasteiger partial charge in [-0.1, -0.05) is 6.92 Å². The van der Waals surface area contributed by atoms with Crippen molar-refractivity contribution < 1.29 is 14.3 Å². The van der Waals surface area contributed by atoms with Crippen molar-refractivity contribution in [3.8, 4) is 11.4 Å². The summed E-state index contributed by atoms with van der Waals surface area (Å²) in [5.41, 5.74) is 0.934. The molecule has 0 atom stereocenters. The number of hydrogen-bond acceptors (Lipinski definition) is 8. The van der Waals surface area contributed by atoms with Crippen molar-refractivity contribution in [2.45, 2.75) is 51.6 Å². The fourth-order valence-corrected chi connectivity index (χ4v) is 4.46. The molecule has 3 aromatic heterocycles. The molecule has 0 unspecified atom stereocenters. The normalized spacial score (nSPS) is 15.0. The number of nitrogens with zero attached hydrogens (tertiary/aromatic N) is 5. The third kappa shape index (κ3) is 5.08. The molecule has 11 heteroatoms. The van der Waals surface area contributed by atoms with Gasteiger partial charge in [0.05, 0.1) is 18.9 Å². The van der Waals surface area contributed by atoms with Crippen LogP contribution in [0.1, 0.15) is 50.5 Å². The van der Waals surface area contributed by atoms with Crippen molar-refractivity contribution in [1.29, 1.82) is 0 Å². The average Bonchev–Trinajstić information content (AvgIpc) is 3.42. The summed E-state index contributed by atoms with van der Waals surface area (Å²) >= 11 is 1.55. The van der Waals surface area contributed by atoms with Gasteiger partial charge in [0.15, 0.2) is 5.82 Å². The molecule has 176 valence electrons. The first-order valence-corrected chi connectivity index (χ1v) is 11.9. The molecule has 1 aliphatic heterocycles. The first kappa shape index (κ1) is 23.0. The number of amides is 2. The second-order valence-electron chi connectivity index (χ2n) is 8.74. The van der Waals surface area contributed by atoms with Crippen LogP contribution in [0, 0.1) is 0 Å². The summed E-state index contributed by atoms with van der Waals surface area (Å²) in [7, 11) is 1.34. The smallest absolute Gasteiger partial charge is 0.407 e. The summed E-state index contributed by atoms with van der Waals surface area (Å²) in [6.07, 6.45) is 5.37. The number of carbonyl (C=O) groups excluding carboxylic acids is 2. The molecule has 2 amide bonds. The van der Waals surface area contributed by atoms with Gasteiger partial charge in [0.25, 0.3) is 5.91 Å². The summed E-state index contributed by atoms with van der Waals surface area (Å²) in [5.74, 6) is 0.922. The molecule has 1 aliphatic rings. The van der Waals surface area contributed by atoms with Crippen LogP contribution in [0.4, 0.5) is 10.6 Å². The standard InChI is InChI=1S/C22H29N7O3S/c1-5-22(2,3)27-17-12-16(19(30)28-8-6-14(7-9-28)24-21(31)32-4)25-18(26-17)15-13-23-29-10-11-33-20(15)29/h10-14H,5-9H2,1-4H3,(H,24,31)(H,25,26,27). The highest BCUT2D eigenvalue weighted by atomic mass is 32.1. The number of methoxy groups -OCH3 is 1. The lowest BCUT2D eigenvalue weighted by Gasteiger charge is -2.32. The van der Waals surface area contributed by atoms with Crippen LogP contribution in [0.15, 0.2) is 23.8 Å². The van der Waals surface area contributed by atoms with Crippen molar-refractivity contribution in [2.75, 3.05) is 25.5 Å². The number of likely N-dealkylation sites (tertiary alicyclic amines) is 1. The molecule has 1 saturated heterocycles. The highest BCUT2D eigenvalue weighted by molar-refractivity contribution is 7.16.